The predicted octanol–water partition coefficient (Wildman–Crippen LogP) is 0.437. The number of nitrogens with two attached hydrogens (primary N) is 1. The molecule has 1 fully saturated rings. The summed E-state index contributed by atoms with van der Waals surface area (Å²) in [6.45, 7) is 5.25. The fourth-order valence-corrected chi connectivity index (χ4v) is 3.10. The minimum absolute atomic E-state index is 0.00466. The maximum absolute atomic E-state index is 12.0. The Labute approximate surface area is 153 Å². The molecular weight excluding hydrogens is 360 g/mol. The second-order valence-electron chi connectivity index (χ2n) is 5.90. The molecule has 10 heteroatoms. The lowest BCUT2D eigenvalue weighted by Crippen LogP contribution is -2.49. The number of carbonyl (C=O) groups excluding carboxylic acids is 2. The number of nitrogens with one attached hydrogen (secondary N) is 1. The van der Waals surface area contributed by atoms with Crippen LogP contribution < -0.4 is 10.5 Å². The van der Waals surface area contributed by atoms with Gasteiger partial charge in [0.25, 0.3) is 0 Å². The number of carbonyl (C=O) groups is 2. The van der Waals surface area contributed by atoms with E-state index in [0.29, 0.717) is 51.4 Å². The first-order valence-corrected chi connectivity index (χ1v) is 9.91. The molecule has 26 heavy (non-hydrogen) atoms. The van der Waals surface area contributed by atoms with Crippen LogP contribution in [0.5, 0.6) is 0 Å². The van der Waals surface area contributed by atoms with Crippen LogP contribution in [0.2, 0.25) is 0 Å². The number of nitrogens with zero attached hydrogens (tertiary/aromatic N) is 2. The lowest BCUT2D eigenvalue weighted by atomic mass is 10.2. The Kier molecular flexibility index (Phi) is 6.95. The van der Waals surface area contributed by atoms with Crippen LogP contribution in [-0.2, 0) is 19.6 Å². The third kappa shape index (κ3) is 5.97. The summed E-state index contributed by atoms with van der Waals surface area (Å²) in [5, 5.41) is 7.75. The summed E-state index contributed by atoms with van der Waals surface area (Å²) in [6, 6.07) is 5.69. The van der Waals surface area contributed by atoms with E-state index < -0.39 is 10.0 Å². The van der Waals surface area contributed by atoms with E-state index in [1.54, 1.807) is 11.8 Å². The van der Waals surface area contributed by atoms with Crippen LogP contribution in [0.25, 0.3) is 0 Å². The average molecular weight is 384 g/mol. The fraction of sp³-hybridized carbons (Fsp3) is 0.500. The molecule has 2 rings (SSSR count). The number of hydrogen-bond donors (Lipinski definition) is 2. The van der Waals surface area contributed by atoms with Crippen molar-refractivity contribution in [2.24, 2.45) is 5.14 Å². The Morgan fingerprint density at radius 1 is 1.15 bits per heavy atom. The normalized spacial score (nSPS) is 15.5. The lowest BCUT2D eigenvalue weighted by molar-refractivity contribution is -0.116. The van der Waals surface area contributed by atoms with Crippen molar-refractivity contribution in [2.45, 2.75) is 18.2 Å². The Hall–Kier alpha value is -2.17. The summed E-state index contributed by atoms with van der Waals surface area (Å²) in [5.74, 6) is -0.166. The van der Waals surface area contributed by atoms with Crippen molar-refractivity contribution < 1.29 is 22.7 Å². The Morgan fingerprint density at radius 2 is 1.77 bits per heavy atom. The largest absolute Gasteiger partial charge is 0.450 e. The van der Waals surface area contributed by atoms with Gasteiger partial charge in [-0.05, 0) is 31.2 Å². The number of amides is 2. The van der Waals surface area contributed by atoms with Crippen LogP contribution in [0, 0.1) is 0 Å². The molecule has 1 heterocycles. The van der Waals surface area contributed by atoms with Crippen molar-refractivity contribution >= 4 is 27.7 Å². The molecule has 144 valence electrons. The molecule has 0 atom stereocenters. The van der Waals surface area contributed by atoms with E-state index in [2.05, 4.69) is 10.2 Å². The summed E-state index contributed by atoms with van der Waals surface area (Å²) < 4.78 is 27.4. The Morgan fingerprint density at radius 3 is 2.31 bits per heavy atom. The number of primary sulfonamides is 1. The molecule has 1 aromatic carbocycles. The predicted molar refractivity (Wildman–Crippen MR) is 96.1 cm³/mol. The standard InChI is InChI=1S/C16H24N4O5S/c1-2-25-16(22)20-11-9-19(10-12-20)8-7-15(21)18-13-3-5-14(6-4-13)26(17,23)24/h3-6H,2,7-12H2,1H3,(H,18,21)(H2,17,23,24). The van der Waals surface area contributed by atoms with E-state index in [9.17, 15) is 18.0 Å². The first-order valence-electron chi connectivity index (χ1n) is 8.36. The maximum atomic E-state index is 12.0. The van der Waals surface area contributed by atoms with Crippen LogP contribution in [0.4, 0.5) is 10.5 Å². The maximum Gasteiger partial charge on any atom is 0.409 e. The number of ether oxygens (including phenoxy) is 1. The molecule has 0 unspecified atom stereocenters. The molecule has 3 N–H and O–H groups in total. The SMILES string of the molecule is CCOC(=O)N1CCN(CCC(=O)Nc2ccc(S(N)(=O)=O)cc2)CC1. The highest BCUT2D eigenvalue weighted by Gasteiger charge is 2.22. The van der Waals surface area contributed by atoms with Crippen LogP contribution in [0.1, 0.15) is 13.3 Å². The van der Waals surface area contributed by atoms with Gasteiger partial charge in [-0.1, -0.05) is 0 Å². The van der Waals surface area contributed by atoms with Crippen molar-refractivity contribution in [2.75, 3.05) is 44.6 Å². The Balaban J connectivity index is 1.73. The molecule has 0 saturated carbocycles. The molecule has 0 aromatic heterocycles. The molecule has 1 aromatic rings. The average Bonchev–Trinajstić information content (AvgIpc) is 2.60. The highest BCUT2D eigenvalue weighted by Crippen LogP contribution is 2.13. The zero-order valence-corrected chi connectivity index (χ0v) is 15.5. The van der Waals surface area contributed by atoms with E-state index in [1.807, 2.05) is 0 Å². The van der Waals surface area contributed by atoms with Gasteiger partial charge in [0.05, 0.1) is 11.5 Å². The second-order valence-corrected chi connectivity index (χ2v) is 7.46. The number of hydrogen-bond acceptors (Lipinski definition) is 6. The van der Waals surface area contributed by atoms with Gasteiger partial charge in [-0.2, -0.15) is 0 Å². The molecule has 9 nitrogen and oxygen atoms in total. The quantitative estimate of drug-likeness (QED) is 0.734. The number of rotatable bonds is 6. The zero-order valence-electron chi connectivity index (χ0n) is 14.7. The van der Waals surface area contributed by atoms with E-state index in [-0.39, 0.29) is 16.9 Å². The third-order valence-corrected chi connectivity index (χ3v) is 4.95. The van der Waals surface area contributed by atoms with E-state index in [4.69, 9.17) is 9.88 Å². The molecule has 1 aliphatic heterocycles. The van der Waals surface area contributed by atoms with Crippen molar-refractivity contribution in [1.82, 2.24) is 9.80 Å². The van der Waals surface area contributed by atoms with Gasteiger partial charge < -0.3 is 15.0 Å². The highest BCUT2D eigenvalue weighted by molar-refractivity contribution is 7.89. The van der Waals surface area contributed by atoms with Gasteiger partial charge in [0.2, 0.25) is 15.9 Å². The summed E-state index contributed by atoms with van der Waals surface area (Å²) >= 11 is 0. The first kappa shape index (κ1) is 20.1. The molecular formula is C16H24N4O5S. The van der Waals surface area contributed by atoms with Crippen molar-refractivity contribution in [1.29, 1.82) is 0 Å². The molecule has 0 bridgehead atoms. The van der Waals surface area contributed by atoms with Gasteiger partial charge in [-0.15, -0.1) is 0 Å². The van der Waals surface area contributed by atoms with Crippen molar-refractivity contribution in [3.63, 3.8) is 0 Å². The smallest absolute Gasteiger partial charge is 0.409 e. The first-order chi connectivity index (χ1) is 12.3. The van der Waals surface area contributed by atoms with Gasteiger partial charge in [-0.3, -0.25) is 9.69 Å². The third-order valence-electron chi connectivity index (χ3n) is 4.02. The summed E-state index contributed by atoms with van der Waals surface area (Å²) in [4.78, 5) is 27.4. The Bertz CT molecular complexity index is 728. The second kappa shape index (κ2) is 8.97. The number of sulfonamides is 1. The minimum Gasteiger partial charge on any atom is -0.450 e. The monoisotopic (exact) mass is 384 g/mol. The van der Waals surface area contributed by atoms with E-state index in [1.165, 1.54) is 24.3 Å². The molecule has 0 radical (unpaired) electrons. The molecule has 0 spiro atoms. The number of piperazine rings is 1. The summed E-state index contributed by atoms with van der Waals surface area (Å²) in [7, 11) is -3.74. The topological polar surface area (TPSA) is 122 Å². The lowest BCUT2D eigenvalue weighted by Gasteiger charge is -2.33. The summed E-state index contributed by atoms with van der Waals surface area (Å²) in [6.07, 6.45) is 0.00363. The van der Waals surface area contributed by atoms with Crippen molar-refractivity contribution in [3.05, 3.63) is 24.3 Å². The molecule has 0 aliphatic carbocycles. The van der Waals surface area contributed by atoms with E-state index in [0.717, 1.165) is 0 Å². The van der Waals surface area contributed by atoms with Gasteiger partial charge in [0, 0.05) is 44.8 Å². The van der Waals surface area contributed by atoms with Crippen LogP contribution in [0.15, 0.2) is 29.2 Å². The molecule has 1 aliphatic rings. The van der Waals surface area contributed by atoms with Gasteiger partial charge in [0.1, 0.15) is 0 Å². The van der Waals surface area contributed by atoms with Gasteiger partial charge >= 0.3 is 6.09 Å². The van der Waals surface area contributed by atoms with Gasteiger partial charge in [-0.25, -0.2) is 18.4 Å². The highest BCUT2D eigenvalue weighted by atomic mass is 32.2. The fourth-order valence-electron chi connectivity index (χ4n) is 2.58. The number of anilines is 1. The van der Waals surface area contributed by atoms with Crippen LogP contribution >= 0.6 is 0 Å². The zero-order chi connectivity index (χ0) is 19.2. The van der Waals surface area contributed by atoms with Gasteiger partial charge in [0.15, 0.2) is 0 Å². The molecule has 1 saturated heterocycles. The number of benzene rings is 1. The minimum atomic E-state index is -3.74. The van der Waals surface area contributed by atoms with Crippen LogP contribution in [-0.4, -0.2) is 69.5 Å². The molecule has 2 amide bonds. The van der Waals surface area contributed by atoms with E-state index >= 15 is 0 Å². The van der Waals surface area contributed by atoms with Crippen molar-refractivity contribution in [3.8, 4) is 0 Å². The van der Waals surface area contributed by atoms with Crippen LogP contribution in [0.3, 0.4) is 0 Å². The summed E-state index contributed by atoms with van der Waals surface area (Å²) in [5.41, 5.74) is 0.509.